The maximum atomic E-state index is 11.8. The molecule has 5 nitrogen and oxygen atoms in total. The van der Waals surface area contributed by atoms with Crippen LogP contribution in [0.5, 0.6) is 0 Å². The molecular weight excluding hydrogens is 395 g/mol. The molecule has 0 aromatic heterocycles. The van der Waals surface area contributed by atoms with Gasteiger partial charge in [0.2, 0.25) is 0 Å². The first-order valence-electron chi connectivity index (χ1n) is 6.05. The Hall–Kier alpha value is -1.02. The zero-order valence-electron chi connectivity index (χ0n) is 11.1. The first-order chi connectivity index (χ1) is 9.29. The molecule has 0 saturated heterocycles. The molecule has 0 radical (unpaired) electrons. The van der Waals surface area contributed by atoms with Gasteiger partial charge in [-0.3, -0.25) is 0 Å². The first-order valence-corrected chi connectivity index (χ1v) is 7.50. The van der Waals surface area contributed by atoms with Gasteiger partial charge in [0.1, 0.15) is 6.04 Å². The van der Waals surface area contributed by atoms with E-state index >= 15 is 0 Å². The van der Waals surface area contributed by atoms with Gasteiger partial charge in [-0.1, -0.05) is 25.4 Å². The number of carboxylic acid groups (broad SMARTS) is 1. The van der Waals surface area contributed by atoms with Gasteiger partial charge in [0.25, 0.3) is 0 Å². The van der Waals surface area contributed by atoms with Crippen molar-refractivity contribution < 1.29 is 14.7 Å². The van der Waals surface area contributed by atoms with Gasteiger partial charge in [0, 0.05) is 8.59 Å². The van der Waals surface area contributed by atoms with Crippen molar-refractivity contribution in [2.45, 2.75) is 26.3 Å². The van der Waals surface area contributed by atoms with Gasteiger partial charge in [-0.25, -0.2) is 9.59 Å². The standard InChI is InChI=1S/C13H16ClIN2O3/c1-7(2)5-11(12(18)19)17-13(20)16-10-4-3-8(14)6-9(10)15/h3-4,6-7,11H,5H2,1-2H3,(H,18,19)(H2,16,17,20)/t11-/m1/s1. The molecule has 0 fully saturated rings. The van der Waals surface area contributed by atoms with E-state index < -0.39 is 18.0 Å². The zero-order valence-corrected chi connectivity index (χ0v) is 14.0. The van der Waals surface area contributed by atoms with Crippen molar-refractivity contribution in [3.63, 3.8) is 0 Å². The predicted octanol–water partition coefficient (Wildman–Crippen LogP) is 3.57. The number of halogens is 2. The molecule has 1 aromatic rings. The van der Waals surface area contributed by atoms with Crippen molar-refractivity contribution in [2.75, 3.05) is 5.32 Å². The van der Waals surface area contributed by atoms with Crippen LogP contribution in [0.15, 0.2) is 18.2 Å². The molecule has 1 aromatic carbocycles. The third kappa shape index (κ3) is 5.54. The molecule has 0 aliphatic carbocycles. The fraction of sp³-hybridized carbons (Fsp3) is 0.385. The molecule has 110 valence electrons. The van der Waals surface area contributed by atoms with Crippen LogP contribution in [0.25, 0.3) is 0 Å². The molecule has 1 rings (SSSR count). The topological polar surface area (TPSA) is 78.4 Å². The highest BCUT2D eigenvalue weighted by molar-refractivity contribution is 14.1. The SMILES string of the molecule is CC(C)C[C@@H](NC(=O)Nc1ccc(Cl)cc1I)C(=O)O. The zero-order chi connectivity index (χ0) is 15.3. The highest BCUT2D eigenvalue weighted by Gasteiger charge is 2.21. The molecule has 0 spiro atoms. The maximum absolute atomic E-state index is 11.8. The Morgan fingerprint density at radius 1 is 1.40 bits per heavy atom. The summed E-state index contributed by atoms with van der Waals surface area (Å²) < 4.78 is 0.779. The smallest absolute Gasteiger partial charge is 0.326 e. The van der Waals surface area contributed by atoms with Crippen LogP contribution < -0.4 is 10.6 Å². The highest BCUT2D eigenvalue weighted by atomic mass is 127. The highest BCUT2D eigenvalue weighted by Crippen LogP contribution is 2.22. The summed E-state index contributed by atoms with van der Waals surface area (Å²) >= 11 is 7.87. The number of anilines is 1. The number of amides is 2. The van der Waals surface area contributed by atoms with Crippen molar-refractivity contribution in [2.24, 2.45) is 5.92 Å². The molecule has 3 N–H and O–H groups in total. The van der Waals surface area contributed by atoms with Gasteiger partial charge >= 0.3 is 12.0 Å². The number of carbonyl (C=O) groups is 2. The summed E-state index contributed by atoms with van der Waals surface area (Å²) in [6.45, 7) is 3.80. The molecule has 0 heterocycles. The summed E-state index contributed by atoms with van der Waals surface area (Å²) in [6, 6.07) is 3.59. The Balaban J connectivity index is 2.68. The Morgan fingerprint density at radius 3 is 2.55 bits per heavy atom. The van der Waals surface area contributed by atoms with Crippen LogP contribution in [0.2, 0.25) is 5.02 Å². The van der Waals surface area contributed by atoms with Crippen LogP contribution in [0.3, 0.4) is 0 Å². The number of nitrogens with one attached hydrogen (secondary N) is 2. The summed E-state index contributed by atoms with van der Waals surface area (Å²) in [5.41, 5.74) is 0.584. The average Bonchev–Trinajstić information content (AvgIpc) is 2.31. The third-order valence-electron chi connectivity index (χ3n) is 2.49. The Labute approximate surface area is 136 Å². The number of benzene rings is 1. The molecular formula is C13H16ClIN2O3. The lowest BCUT2D eigenvalue weighted by atomic mass is 10.0. The number of carbonyl (C=O) groups excluding carboxylic acids is 1. The minimum atomic E-state index is -1.04. The fourth-order valence-corrected chi connectivity index (χ4v) is 2.61. The van der Waals surface area contributed by atoms with Gasteiger partial charge in [-0.2, -0.15) is 0 Å². The van der Waals surface area contributed by atoms with Gasteiger partial charge in [0.05, 0.1) is 5.69 Å². The number of urea groups is 1. The molecule has 0 aliphatic rings. The fourth-order valence-electron chi connectivity index (χ4n) is 1.60. The van der Waals surface area contributed by atoms with Crippen LogP contribution in [0, 0.1) is 9.49 Å². The van der Waals surface area contributed by atoms with Crippen LogP contribution in [0.4, 0.5) is 10.5 Å². The molecule has 1 atom stereocenters. The predicted molar refractivity (Wildman–Crippen MR) is 87.2 cm³/mol. The molecule has 2 amide bonds. The van der Waals surface area contributed by atoms with Gasteiger partial charge in [-0.15, -0.1) is 0 Å². The Morgan fingerprint density at radius 2 is 2.05 bits per heavy atom. The van der Waals surface area contributed by atoms with Gasteiger partial charge in [0.15, 0.2) is 0 Å². The van der Waals surface area contributed by atoms with Crippen LogP contribution in [0.1, 0.15) is 20.3 Å². The second-order valence-corrected chi connectivity index (χ2v) is 6.34. The molecule has 0 bridgehead atoms. The Kier molecular flexibility index (Phi) is 6.54. The van der Waals surface area contributed by atoms with E-state index in [0.29, 0.717) is 17.1 Å². The van der Waals surface area contributed by atoms with E-state index in [1.54, 1.807) is 18.2 Å². The molecule has 7 heteroatoms. The summed E-state index contributed by atoms with van der Waals surface area (Å²) in [7, 11) is 0. The van der Waals surface area contributed by atoms with Crippen molar-refractivity contribution in [1.29, 1.82) is 0 Å². The van der Waals surface area contributed by atoms with Crippen molar-refractivity contribution in [1.82, 2.24) is 5.32 Å². The van der Waals surface area contributed by atoms with E-state index in [1.165, 1.54) is 0 Å². The van der Waals surface area contributed by atoms with E-state index in [9.17, 15) is 9.59 Å². The first kappa shape index (κ1) is 17.0. The van der Waals surface area contributed by atoms with Crippen LogP contribution in [-0.2, 0) is 4.79 Å². The minimum Gasteiger partial charge on any atom is -0.480 e. The molecule has 0 saturated carbocycles. The summed E-state index contributed by atoms with van der Waals surface area (Å²) in [6.07, 6.45) is 0.375. The number of aliphatic carboxylic acids is 1. The number of rotatable bonds is 5. The maximum Gasteiger partial charge on any atom is 0.326 e. The van der Waals surface area contributed by atoms with Gasteiger partial charge < -0.3 is 15.7 Å². The lowest BCUT2D eigenvalue weighted by Gasteiger charge is -2.17. The quantitative estimate of drug-likeness (QED) is 0.650. The lowest BCUT2D eigenvalue weighted by molar-refractivity contribution is -0.139. The number of carboxylic acids is 1. The number of hydrogen-bond acceptors (Lipinski definition) is 2. The van der Waals surface area contributed by atoms with Crippen molar-refractivity contribution in [3.05, 3.63) is 26.8 Å². The Bertz CT molecular complexity index is 508. The van der Waals surface area contributed by atoms with E-state index in [0.717, 1.165) is 3.57 Å². The van der Waals surface area contributed by atoms with E-state index in [-0.39, 0.29) is 5.92 Å². The largest absolute Gasteiger partial charge is 0.480 e. The summed E-state index contributed by atoms with van der Waals surface area (Å²) in [5, 5.41) is 14.7. The monoisotopic (exact) mass is 410 g/mol. The molecule has 0 unspecified atom stereocenters. The summed E-state index contributed by atoms with van der Waals surface area (Å²) in [4.78, 5) is 22.9. The minimum absolute atomic E-state index is 0.173. The van der Waals surface area contributed by atoms with Crippen molar-refractivity contribution in [3.8, 4) is 0 Å². The average molecular weight is 411 g/mol. The molecule has 20 heavy (non-hydrogen) atoms. The normalized spacial score (nSPS) is 12.1. The van der Waals surface area contributed by atoms with E-state index in [2.05, 4.69) is 10.6 Å². The third-order valence-corrected chi connectivity index (χ3v) is 3.62. The van der Waals surface area contributed by atoms with Gasteiger partial charge in [-0.05, 0) is 53.1 Å². The number of hydrogen-bond donors (Lipinski definition) is 3. The van der Waals surface area contributed by atoms with E-state index in [4.69, 9.17) is 16.7 Å². The lowest BCUT2D eigenvalue weighted by Crippen LogP contribution is -2.43. The summed E-state index contributed by atoms with van der Waals surface area (Å²) in [5.74, 6) is -0.869. The second-order valence-electron chi connectivity index (χ2n) is 4.74. The van der Waals surface area contributed by atoms with E-state index in [1.807, 2.05) is 36.4 Å². The second kappa shape index (κ2) is 7.68. The van der Waals surface area contributed by atoms with Crippen molar-refractivity contribution >= 4 is 51.9 Å². The van der Waals surface area contributed by atoms with Crippen LogP contribution >= 0.6 is 34.2 Å². The molecule has 0 aliphatic heterocycles. The van der Waals surface area contributed by atoms with Crippen LogP contribution in [-0.4, -0.2) is 23.1 Å².